The molecule has 1 N–H and O–H groups in total. The number of halogens is 2. The molecule has 0 saturated heterocycles. The highest BCUT2D eigenvalue weighted by Crippen LogP contribution is 2.23. The molecule has 0 bridgehead atoms. The number of nitrogens with one attached hydrogen (secondary N) is 1. The molecule has 0 fully saturated rings. The molecule has 0 saturated carbocycles. The fraction of sp³-hybridized carbons (Fsp3) is 0.111. The van der Waals surface area contributed by atoms with Crippen LogP contribution in [0.5, 0.6) is 0 Å². The predicted molar refractivity (Wildman–Crippen MR) is 94.4 cm³/mol. The molecule has 7 heteroatoms. The van der Waals surface area contributed by atoms with Gasteiger partial charge in [-0.15, -0.1) is 0 Å². The number of benzene rings is 2. The fourth-order valence-electron chi connectivity index (χ4n) is 2.43. The SMILES string of the molecule is CSc1ncc(C(=O)Nc2ccc(F)cc2C)n1-c1ccc(F)cc1. The smallest absolute Gasteiger partial charge is 0.274 e. The summed E-state index contributed by atoms with van der Waals surface area (Å²) in [5.41, 5.74) is 2.07. The lowest BCUT2D eigenvalue weighted by Crippen LogP contribution is -2.17. The van der Waals surface area contributed by atoms with E-state index in [1.807, 2.05) is 6.26 Å². The zero-order valence-corrected chi connectivity index (χ0v) is 14.4. The Morgan fingerprint density at radius 3 is 2.44 bits per heavy atom. The van der Waals surface area contributed by atoms with E-state index >= 15 is 0 Å². The molecule has 0 unspecified atom stereocenters. The average molecular weight is 359 g/mol. The zero-order valence-electron chi connectivity index (χ0n) is 13.6. The van der Waals surface area contributed by atoms with Gasteiger partial charge in [-0.3, -0.25) is 9.36 Å². The molecule has 0 radical (unpaired) electrons. The number of carbonyl (C=O) groups is 1. The molecule has 4 nitrogen and oxygen atoms in total. The van der Waals surface area contributed by atoms with Crippen LogP contribution >= 0.6 is 11.8 Å². The summed E-state index contributed by atoms with van der Waals surface area (Å²) in [6.45, 7) is 1.71. The summed E-state index contributed by atoms with van der Waals surface area (Å²) in [6.07, 6.45) is 3.30. The van der Waals surface area contributed by atoms with Crippen molar-refractivity contribution in [3.63, 3.8) is 0 Å². The number of aryl methyl sites for hydroxylation is 1. The molecular formula is C18H15F2N3OS. The van der Waals surface area contributed by atoms with Crippen molar-refractivity contribution in [1.29, 1.82) is 0 Å². The number of nitrogens with zero attached hydrogens (tertiary/aromatic N) is 2. The van der Waals surface area contributed by atoms with Crippen LogP contribution in [0.3, 0.4) is 0 Å². The van der Waals surface area contributed by atoms with Gasteiger partial charge < -0.3 is 5.32 Å². The molecule has 3 aromatic rings. The Hall–Kier alpha value is -2.67. The maximum atomic E-state index is 13.2. The van der Waals surface area contributed by atoms with Crippen LogP contribution in [0.2, 0.25) is 0 Å². The lowest BCUT2D eigenvalue weighted by molar-refractivity contribution is 0.102. The van der Waals surface area contributed by atoms with Gasteiger partial charge in [-0.05, 0) is 61.2 Å². The second-order valence-corrected chi connectivity index (χ2v) is 6.13. The molecule has 0 spiro atoms. The molecule has 1 amide bonds. The van der Waals surface area contributed by atoms with Crippen molar-refractivity contribution < 1.29 is 13.6 Å². The van der Waals surface area contributed by atoms with Crippen molar-refractivity contribution in [2.24, 2.45) is 0 Å². The van der Waals surface area contributed by atoms with E-state index in [0.29, 0.717) is 27.8 Å². The molecule has 0 aliphatic carbocycles. The fourth-order valence-corrected chi connectivity index (χ4v) is 2.98. The minimum Gasteiger partial charge on any atom is -0.320 e. The largest absolute Gasteiger partial charge is 0.320 e. The number of rotatable bonds is 4. The maximum Gasteiger partial charge on any atom is 0.274 e. The van der Waals surface area contributed by atoms with E-state index in [2.05, 4.69) is 10.3 Å². The van der Waals surface area contributed by atoms with Gasteiger partial charge in [0, 0.05) is 11.4 Å². The second kappa shape index (κ2) is 7.06. The van der Waals surface area contributed by atoms with Crippen LogP contribution in [0.1, 0.15) is 16.1 Å². The Morgan fingerprint density at radius 2 is 1.80 bits per heavy atom. The van der Waals surface area contributed by atoms with E-state index in [9.17, 15) is 13.6 Å². The normalized spacial score (nSPS) is 10.7. The highest BCUT2D eigenvalue weighted by atomic mass is 32.2. The van der Waals surface area contributed by atoms with Crippen LogP contribution in [-0.2, 0) is 0 Å². The summed E-state index contributed by atoms with van der Waals surface area (Å²) in [4.78, 5) is 16.9. The van der Waals surface area contributed by atoms with Crippen molar-refractivity contribution in [3.05, 3.63) is 71.6 Å². The highest BCUT2D eigenvalue weighted by Gasteiger charge is 2.18. The number of hydrogen-bond donors (Lipinski definition) is 1. The van der Waals surface area contributed by atoms with Crippen LogP contribution in [0, 0.1) is 18.6 Å². The molecule has 1 aromatic heterocycles. The lowest BCUT2D eigenvalue weighted by atomic mass is 10.2. The summed E-state index contributed by atoms with van der Waals surface area (Å²) in [7, 11) is 0. The third kappa shape index (κ3) is 3.56. The van der Waals surface area contributed by atoms with Crippen LogP contribution in [0.25, 0.3) is 5.69 Å². The Labute approximate surface area is 147 Å². The topological polar surface area (TPSA) is 46.9 Å². The summed E-state index contributed by atoms with van der Waals surface area (Å²) in [6, 6.07) is 9.95. The van der Waals surface area contributed by atoms with E-state index in [-0.39, 0.29) is 17.5 Å². The standard InChI is InChI=1S/C18H15F2N3OS/c1-11-9-13(20)5-8-15(11)22-17(24)16-10-21-18(25-2)23(16)14-6-3-12(19)4-7-14/h3-10H,1-2H3,(H,22,24). The molecule has 3 rings (SSSR count). The van der Waals surface area contributed by atoms with Gasteiger partial charge in [0.05, 0.1) is 6.20 Å². The quantitative estimate of drug-likeness (QED) is 0.701. The summed E-state index contributed by atoms with van der Waals surface area (Å²) < 4.78 is 28.1. The number of carbonyl (C=O) groups excluding carboxylic acids is 1. The van der Waals surface area contributed by atoms with E-state index in [0.717, 1.165) is 0 Å². The number of amides is 1. The number of aromatic nitrogens is 2. The molecule has 1 heterocycles. The van der Waals surface area contributed by atoms with Crippen LogP contribution in [0.15, 0.2) is 53.8 Å². The third-order valence-corrected chi connectivity index (χ3v) is 4.32. The molecule has 0 aliphatic heterocycles. The monoisotopic (exact) mass is 359 g/mol. The first-order valence-electron chi connectivity index (χ1n) is 7.45. The van der Waals surface area contributed by atoms with Crippen molar-refractivity contribution in [1.82, 2.24) is 9.55 Å². The lowest BCUT2D eigenvalue weighted by Gasteiger charge is -2.12. The van der Waals surface area contributed by atoms with Gasteiger partial charge in [-0.25, -0.2) is 13.8 Å². The number of imidazole rings is 1. The first-order chi connectivity index (χ1) is 12.0. The molecule has 0 atom stereocenters. The van der Waals surface area contributed by atoms with Crippen LogP contribution in [0.4, 0.5) is 14.5 Å². The van der Waals surface area contributed by atoms with E-state index in [1.165, 1.54) is 48.3 Å². The maximum absolute atomic E-state index is 13.2. The molecule has 2 aromatic carbocycles. The first-order valence-corrected chi connectivity index (χ1v) is 8.67. The van der Waals surface area contributed by atoms with E-state index in [1.54, 1.807) is 23.6 Å². The average Bonchev–Trinajstić information content (AvgIpc) is 3.02. The van der Waals surface area contributed by atoms with Crippen LogP contribution < -0.4 is 5.32 Å². The van der Waals surface area contributed by atoms with Gasteiger partial charge >= 0.3 is 0 Å². The number of anilines is 1. The Bertz CT molecular complexity index is 923. The van der Waals surface area contributed by atoms with Gasteiger partial charge in [-0.2, -0.15) is 0 Å². The third-order valence-electron chi connectivity index (χ3n) is 3.67. The van der Waals surface area contributed by atoms with Gasteiger partial charge in [0.2, 0.25) is 0 Å². The van der Waals surface area contributed by atoms with Gasteiger partial charge in [0.1, 0.15) is 17.3 Å². The van der Waals surface area contributed by atoms with Gasteiger partial charge in [0.15, 0.2) is 5.16 Å². The summed E-state index contributed by atoms with van der Waals surface area (Å²) in [5, 5.41) is 3.37. The zero-order chi connectivity index (χ0) is 18.0. The van der Waals surface area contributed by atoms with E-state index in [4.69, 9.17) is 0 Å². The Balaban J connectivity index is 1.98. The van der Waals surface area contributed by atoms with Crippen molar-refractivity contribution >= 4 is 23.4 Å². The van der Waals surface area contributed by atoms with Gasteiger partial charge in [0.25, 0.3) is 5.91 Å². The summed E-state index contributed by atoms with van der Waals surface area (Å²) in [5.74, 6) is -1.11. The number of thioether (sulfide) groups is 1. The van der Waals surface area contributed by atoms with Crippen molar-refractivity contribution in [2.45, 2.75) is 12.1 Å². The molecular weight excluding hydrogens is 344 g/mol. The minimum absolute atomic E-state index is 0.305. The minimum atomic E-state index is -0.383. The molecule has 0 aliphatic rings. The predicted octanol–water partition coefficient (Wildman–Crippen LogP) is 4.43. The molecule has 128 valence electrons. The Morgan fingerprint density at radius 1 is 1.12 bits per heavy atom. The molecule has 25 heavy (non-hydrogen) atoms. The van der Waals surface area contributed by atoms with Crippen molar-refractivity contribution in [2.75, 3.05) is 11.6 Å². The van der Waals surface area contributed by atoms with Crippen molar-refractivity contribution in [3.8, 4) is 5.69 Å². The van der Waals surface area contributed by atoms with Crippen LogP contribution in [-0.4, -0.2) is 21.7 Å². The highest BCUT2D eigenvalue weighted by molar-refractivity contribution is 7.98. The summed E-state index contributed by atoms with van der Waals surface area (Å²) >= 11 is 1.37. The van der Waals surface area contributed by atoms with Gasteiger partial charge in [-0.1, -0.05) is 11.8 Å². The second-order valence-electron chi connectivity index (χ2n) is 5.36. The van der Waals surface area contributed by atoms with E-state index < -0.39 is 0 Å². The Kier molecular flexibility index (Phi) is 4.85. The number of hydrogen-bond acceptors (Lipinski definition) is 3. The first kappa shape index (κ1) is 17.2.